The molecule has 1 aromatic carbocycles. The van der Waals surface area contributed by atoms with Gasteiger partial charge in [0.15, 0.2) is 4.90 Å². The van der Waals surface area contributed by atoms with Crippen LogP contribution in [0.1, 0.15) is 48.9 Å². The number of hydrogen-bond acceptors (Lipinski definition) is 8. The molecule has 3 aromatic rings. The Kier molecular flexibility index (Phi) is 8.35. The summed E-state index contributed by atoms with van der Waals surface area (Å²) in [4.78, 5) is 21.8. The molecule has 1 saturated carbocycles. The highest BCUT2D eigenvalue weighted by Gasteiger charge is 2.30. The van der Waals surface area contributed by atoms with Gasteiger partial charge in [0, 0.05) is 29.9 Å². The number of carbonyl (C=O) groups excluding carboxylic acids is 1. The highest BCUT2D eigenvalue weighted by Crippen LogP contribution is 2.32. The van der Waals surface area contributed by atoms with E-state index in [2.05, 4.69) is 20.0 Å². The topological polar surface area (TPSA) is 120 Å². The summed E-state index contributed by atoms with van der Waals surface area (Å²) in [5, 5.41) is 3.82. The van der Waals surface area contributed by atoms with Gasteiger partial charge >= 0.3 is 0 Å². The molecule has 2 N–H and O–H groups in total. The number of nitrogens with zero attached hydrogens (tertiary/aromatic N) is 2. The Morgan fingerprint density at radius 2 is 1.66 bits per heavy atom. The third-order valence-corrected chi connectivity index (χ3v) is 9.65. The summed E-state index contributed by atoms with van der Waals surface area (Å²) in [5.74, 6) is 2.52. The number of nitrogens with one attached hydrogen (secondary N) is 2. The van der Waals surface area contributed by atoms with Crippen LogP contribution in [0.15, 0.2) is 53.7 Å². The number of fused-ring (bicyclic) bond motifs is 1. The molecule has 1 amide bonds. The fourth-order valence-corrected chi connectivity index (χ4v) is 7.72. The van der Waals surface area contributed by atoms with Crippen molar-refractivity contribution >= 4 is 38.6 Å². The molecule has 2 fully saturated rings. The lowest BCUT2D eigenvalue weighted by molar-refractivity contribution is 0.0915. The molecule has 5 rings (SSSR count). The second kappa shape index (κ2) is 11.9. The number of hydrogen-bond donors (Lipinski definition) is 2. The predicted octanol–water partition coefficient (Wildman–Crippen LogP) is 3.93. The molecule has 1 saturated heterocycles. The van der Waals surface area contributed by atoms with Gasteiger partial charge in [-0.1, -0.05) is 6.07 Å². The molecule has 0 radical (unpaired) electrons. The second-order valence-corrected chi connectivity index (χ2v) is 12.5. The molecule has 202 valence electrons. The van der Waals surface area contributed by atoms with E-state index >= 15 is 0 Å². The summed E-state index contributed by atoms with van der Waals surface area (Å²) in [6, 6.07) is 10.2. The van der Waals surface area contributed by atoms with Crippen LogP contribution in [0.25, 0.3) is 10.9 Å². The standard InChI is InChI=1S/C27H32N4O5S2/c1-35-23-11-6-18-4-2-14-28-24(18)25(23)38(33,34)31-20-9-7-19(8-10-20)30-26(32)22-5-3-15-29-27(22)36-21-12-16-37-17-13-21/h2-6,11,14-15,19-21,31H,7-10,12-13,16-17H2,1H3,(H,30,32)/t19-,20+. The number of amides is 1. The zero-order chi connectivity index (χ0) is 26.5. The van der Waals surface area contributed by atoms with Crippen LogP contribution >= 0.6 is 11.8 Å². The number of pyridine rings is 2. The Bertz CT molecular complexity index is 1390. The van der Waals surface area contributed by atoms with Crippen molar-refractivity contribution < 1.29 is 22.7 Å². The van der Waals surface area contributed by atoms with Crippen molar-refractivity contribution in [3.8, 4) is 11.6 Å². The normalized spacial score (nSPS) is 20.7. The van der Waals surface area contributed by atoms with Crippen LogP contribution in [-0.2, 0) is 10.0 Å². The van der Waals surface area contributed by atoms with Crippen molar-refractivity contribution in [1.82, 2.24) is 20.0 Å². The first-order chi connectivity index (χ1) is 18.4. The molecular weight excluding hydrogens is 524 g/mol. The molecule has 38 heavy (non-hydrogen) atoms. The zero-order valence-electron chi connectivity index (χ0n) is 21.3. The third-order valence-electron chi connectivity index (χ3n) is 7.03. The predicted molar refractivity (Wildman–Crippen MR) is 147 cm³/mol. The number of methoxy groups -OCH3 is 1. The number of rotatable bonds is 8. The van der Waals surface area contributed by atoms with Crippen molar-refractivity contribution in [2.45, 2.75) is 61.6 Å². The third kappa shape index (κ3) is 6.05. The Balaban J connectivity index is 1.21. The molecule has 0 atom stereocenters. The molecule has 0 spiro atoms. The summed E-state index contributed by atoms with van der Waals surface area (Å²) in [6.07, 6.45) is 7.69. The quantitative estimate of drug-likeness (QED) is 0.428. The maximum Gasteiger partial charge on any atom is 0.256 e. The lowest BCUT2D eigenvalue weighted by atomic mass is 9.91. The number of thioether (sulfide) groups is 1. The van der Waals surface area contributed by atoms with E-state index in [0.29, 0.717) is 42.6 Å². The number of benzene rings is 1. The Morgan fingerprint density at radius 1 is 0.947 bits per heavy atom. The minimum atomic E-state index is -3.88. The lowest BCUT2D eigenvalue weighted by Crippen LogP contribution is -2.44. The summed E-state index contributed by atoms with van der Waals surface area (Å²) >= 11 is 1.92. The number of ether oxygens (including phenoxy) is 2. The molecule has 3 heterocycles. The fourth-order valence-electron chi connectivity index (χ4n) is 5.03. The van der Waals surface area contributed by atoms with Crippen LogP contribution in [0.2, 0.25) is 0 Å². The average molecular weight is 557 g/mol. The molecule has 1 aliphatic heterocycles. The van der Waals surface area contributed by atoms with Gasteiger partial charge in [0.2, 0.25) is 15.9 Å². The van der Waals surface area contributed by atoms with Gasteiger partial charge in [0.25, 0.3) is 5.91 Å². The Hall–Kier alpha value is -2.89. The highest BCUT2D eigenvalue weighted by atomic mass is 32.2. The van der Waals surface area contributed by atoms with Gasteiger partial charge in [-0.2, -0.15) is 11.8 Å². The van der Waals surface area contributed by atoms with Crippen molar-refractivity contribution in [2.75, 3.05) is 18.6 Å². The van der Waals surface area contributed by atoms with Crippen molar-refractivity contribution in [2.24, 2.45) is 0 Å². The smallest absolute Gasteiger partial charge is 0.256 e. The first-order valence-electron chi connectivity index (χ1n) is 12.9. The van der Waals surface area contributed by atoms with E-state index in [1.54, 1.807) is 42.7 Å². The van der Waals surface area contributed by atoms with Crippen LogP contribution < -0.4 is 19.5 Å². The molecule has 2 aromatic heterocycles. The summed E-state index contributed by atoms with van der Waals surface area (Å²) in [7, 11) is -2.44. The van der Waals surface area contributed by atoms with Crippen LogP contribution in [-0.4, -0.2) is 61.1 Å². The van der Waals surface area contributed by atoms with Gasteiger partial charge in [-0.25, -0.2) is 18.1 Å². The number of aromatic nitrogens is 2. The lowest BCUT2D eigenvalue weighted by Gasteiger charge is -2.30. The minimum absolute atomic E-state index is 0.0502. The fraction of sp³-hybridized carbons (Fsp3) is 0.444. The first-order valence-corrected chi connectivity index (χ1v) is 15.5. The molecule has 11 heteroatoms. The SMILES string of the molecule is COc1ccc2cccnc2c1S(=O)(=O)N[C@H]1CC[C@@H](NC(=O)c2cccnc2OC2CCSCC2)CC1. The number of sulfonamides is 1. The first kappa shape index (κ1) is 26.7. The van der Waals surface area contributed by atoms with Gasteiger partial charge < -0.3 is 14.8 Å². The molecule has 9 nitrogen and oxygen atoms in total. The monoisotopic (exact) mass is 556 g/mol. The number of carbonyl (C=O) groups is 1. The van der Waals surface area contributed by atoms with Crippen LogP contribution in [0.5, 0.6) is 11.6 Å². The van der Waals surface area contributed by atoms with Crippen LogP contribution in [0.4, 0.5) is 0 Å². The van der Waals surface area contributed by atoms with Crippen molar-refractivity contribution in [1.29, 1.82) is 0 Å². The van der Waals surface area contributed by atoms with Gasteiger partial charge in [0.1, 0.15) is 17.4 Å². The Labute approximate surface area is 227 Å². The molecule has 2 aliphatic rings. The second-order valence-electron chi connectivity index (χ2n) is 9.60. The van der Waals surface area contributed by atoms with Crippen molar-refractivity contribution in [3.63, 3.8) is 0 Å². The average Bonchev–Trinajstić information content (AvgIpc) is 2.94. The van der Waals surface area contributed by atoms with E-state index in [1.165, 1.54) is 7.11 Å². The van der Waals surface area contributed by atoms with Gasteiger partial charge in [-0.3, -0.25) is 9.78 Å². The van der Waals surface area contributed by atoms with E-state index in [-0.39, 0.29) is 34.7 Å². The molecule has 0 unspecified atom stereocenters. The van der Waals surface area contributed by atoms with Gasteiger partial charge in [-0.15, -0.1) is 0 Å². The van der Waals surface area contributed by atoms with E-state index in [0.717, 1.165) is 29.7 Å². The zero-order valence-corrected chi connectivity index (χ0v) is 22.9. The summed E-state index contributed by atoms with van der Waals surface area (Å²) < 4.78 is 41.1. The van der Waals surface area contributed by atoms with E-state index < -0.39 is 10.0 Å². The maximum absolute atomic E-state index is 13.4. The summed E-state index contributed by atoms with van der Waals surface area (Å²) in [6.45, 7) is 0. The van der Waals surface area contributed by atoms with Crippen LogP contribution in [0, 0.1) is 0 Å². The minimum Gasteiger partial charge on any atom is -0.495 e. The van der Waals surface area contributed by atoms with E-state index in [1.807, 2.05) is 17.8 Å². The summed E-state index contributed by atoms with van der Waals surface area (Å²) in [5.41, 5.74) is 0.811. The largest absolute Gasteiger partial charge is 0.495 e. The van der Waals surface area contributed by atoms with E-state index in [4.69, 9.17) is 9.47 Å². The highest BCUT2D eigenvalue weighted by molar-refractivity contribution is 7.99. The van der Waals surface area contributed by atoms with Crippen molar-refractivity contribution in [3.05, 3.63) is 54.4 Å². The Morgan fingerprint density at radius 3 is 2.42 bits per heavy atom. The maximum atomic E-state index is 13.4. The van der Waals surface area contributed by atoms with Gasteiger partial charge in [-0.05, 0) is 80.4 Å². The molecule has 1 aliphatic carbocycles. The van der Waals surface area contributed by atoms with Gasteiger partial charge in [0.05, 0.1) is 12.6 Å². The molecular formula is C27H32N4O5S2. The molecule has 0 bridgehead atoms. The van der Waals surface area contributed by atoms with E-state index in [9.17, 15) is 13.2 Å². The van der Waals surface area contributed by atoms with Crippen LogP contribution in [0.3, 0.4) is 0 Å².